The Kier molecular flexibility index (Phi) is 6.86. The molecule has 1 fully saturated rings. The van der Waals surface area contributed by atoms with Crippen LogP contribution in [-0.4, -0.2) is 37.0 Å². The Bertz CT molecular complexity index is 1200. The molecule has 4 nitrogen and oxygen atoms in total. The van der Waals surface area contributed by atoms with E-state index < -0.39 is 5.41 Å². The molecule has 0 spiro atoms. The molecule has 1 N–H and O–H groups in total. The summed E-state index contributed by atoms with van der Waals surface area (Å²) in [6.45, 7) is 4.08. The number of hydrogen-bond donors (Lipinski definition) is 1. The van der Waals surface area contributed by atoms with Gasteiger partial charge in [0.1, 0.15) is 11.2 Å². The normalized spacial score (nSPS) is 23.1. The molecule has 0 aliphatic carbocycles. The smallest absolute Gasteiger partial charge is 0.239 e. The Morgan fingerprint density at radius 1 is 1.03 bits per heavy atom. The second kappa shape index (κ2) is 10.0. The molecule has 0 saturated carbocycles. The molecule has 3 heterocycles. The molecule has 35 heavy (non-hydrogen) atoms. The van der Waals surface area contributed by atoms with Gasteiger partial charge in [-0.1, -0.05) is 60.7 Å². The van der Waals surface area contributed by atoms with E-state index in [-0.39, 0.29) is 18.3 Å². The van der Waals surface area contributed by atoms with Gasteiger partial charge >= 0.3 is 0 Å². The number of nitrogens with one attached hydrogen (secondary N) is 1. The number of hydrogen-bond acceptors (Lipinski definition) is 3. The van der Waals surface area contributed by atoms with Gasteiger partial charge in [0.15, 0.2) is 0 Å². The van der Waals surface area contributed by atoms with Crippen molar-refractivity contribution in [1.82, 2.24) is 4.90 Å². The highest BCUT2D eigenvalue weighted by Gasteiger charge is 2.49. The second-order valence-corrected chi connectivity index (χ2v) is 10.1. The highest BCUT2D eigenvalue weighted by Crippen LogP contribution is 2.47. The van der Waals surface area contributed by atoms with E-state index in [0.717, 1.165) is 68.1 Å². The molecule has 6 rings (SSSR count). The number of carbonyl (C=O) groups excluding carboxylic acids is 1. The largest absolute Gasteiger partial charge is 0.493 e. The van der Waals surface area contributed by atoms with Gasteiger partial charge in [-0.2, -0.15) is 0 Å². The van der Waals surface area contributed by atoms with Crippen LogP contribution >= 0.6 is 12.4 Å². The number of amides is 1. The van der Waals surface area contributed by atoms with Gasteiger partial charge in [0.2, 0.25) is 5.91 Å². The number of nitrogens with zero attached hydrogens (tertiary/aromatic N) is 1. The Morgan fingerprint density at radius 2 is 1.86 bits per heavy atom. The molecule has 3 aromatic carbocycles. The van der Waals surface area contributed by atoms with Crippen LogP contribution in [-0.2, 0) is 23.1 Å². The van der Waals surface area contributed by atoms with Gasteiger partial charge < -0.3 is 15.0 Å². The topological polar surface area (TPSA) is 41.6 Å². The standard InChI is InChI=1S/C30H32N2O2.ClH/c33-29-30(25-8-2-1-3-9-25,26-10-4-5-11-27(26)31-29)20-23-7-6-16-32(21-23)17-14-22-12-13-28-24(19-22)15-18-34-28;/h1-5,8-13,19,23H,6-7,14-18,20-21H2,(H,31,33);1H. The number of rotatable bonds is 6. The van der Waals surface area contributed by atoms with E-state index in [9.17, 15) is 4.79 Å². The summed E-state index contributed by atoms with van der Waals surface area (Å²) in [7, 11) is 0. The number of ether oxygens (including phenoxy) is 1. The average Bonchev–Trinajstić information content (AvgIpc) is 3.46. The number of halogens is 1. The van der Waals surface area contributed by atoms with Gasteiger partial charge in [-0.05, 0) is 72.5 Å². The minimum Gasteiger partial charge on any atom is -0.493 e. The summed E-state index contributed by atoms with van der Waals surface area (Å²) < 4.78 is 5.66. The number of para-hydroxylation sites is 1. The van der Waals surface area contributed by atoms with E-state index >= 15 is 0 Å². The molecular formula is C30H33ClN2O2. The first kappa shape index (κ1) is 23.9. The molecular weight excluding hydrogens is 456 g/mol. The van der Waals surface area contributed by atoms with Crippen molar-refractivity contribution in [3.8, 4) is 5.75 Å². The van der Waals surface area contributed by atoms with Gasteiger partial charge in [0, 0.05) is 25.2 Å². The second-order valence-electron chi connectivity index (χ2n) is 10.1. The van der Waals surface area contributed by atoms with Gasteiger partial charge in [0.25, 0.3) is 0 Å². The highest BCUT2D eigenvalue weighted by molar-refractivity contribution is 6.08. The van der Waals surface area contributed by atoms with Crippen molar-refractivity contribution >= 4 is 24.0 Å². The molecule has 0 aromatic heterocycles. The van der Waals surface area contributed by atoms with Crippen LogP contribution in [0.3, 0.4) is 0 Å². The zero-order valence-electron chi connectivity index (χ0n) is 20.0. The van der Waals surface area contributed by atoms with E-state index in [2.05, 4.69) is 64.8 Å². The summed E-state index contributed by atoms with van der Waals surface area (Å²) in [5.74, 6) is 1.67. The molecule has 2 atom stereocenters. The fourth-order valence-corrected chi connectivity index (χ4v) is 6.28. The molecule has 5 heteroatoms. The lowest BCUT2D eigenvalue weighted by Crippen LogP contribution is -2.43. The van der Waals surface area contributed by atoms with Crippen LogP contribution in [0.4, 0.5) is 5.69 Å². The molecule has 3 aliphatic heterocycles. The summed E-state index contributed by atoms with van der Waals surface area (Å²) >= 11 is 0. The lowest BCUT2D eigenvalue weighted by atomic mass is 9.68. The highest BCUT2D eigenvalue weighted by atomic mass is 35.5. The quantitative estimate of drug-likeness (QED) is 0.489. The number of anilines is 1. The lowest BCUT2D eigenvalue weighted by molar-refractivity contribution is -0.120. The first-order valence-corrected chi connectivity index (χ1v) is 12.7. The molecule has 0 bridgehead atoms. The van der Waals surface area contributed by atoms with Crippen LogP contribution in [0.2, 0.25) is 0 Å². The van der Waals surface area contributed by atoms with Gasteiger partial charge in [-0.25, -0.2) is 0 Å². The SMILES string of the molecule is Cl.O=C1Nc2ccccc2C1(CC1CCCN(CCc2ccc3c(c2)CCO3)C1)c1ccccc1. The fourth-order valence-electron chi connectivity index (χ4n) is 6.28. The van der Waals surface area contributed by atoms with Crippen molar-refractivity contribution in [3.63, 3.8) is 0 Å². The minimum absolute atomic E-state index is 0. The van der Waals surface area contributed by atoms with Crippen LogP contribution < -0.4 is 10.1 Å². The first-order chi connectivity index (χ1) is 16.7. The Balaban J connectivity index is 0.00000253. The molecule has 2 unspecified atom stereocenters. The van der Waals surface area contributed by atoms with E-state index in [0.29, 0.717) is 5.92 Å². The first-order valence-electron chi connectivity index (χ1n) is 12.7. The van der Waals surface area contributed by atoms with Crippen molar-refractivity contribution in [1.29, 1.82) is 0 Å². The molecule has 0 radical (unpaired) electrons. The van der Waals surface area contributed by atoms with Crippen LogP contribution in [0.5, 0.6) is 5.75 Å². The third-order valence-corrected chi connectivity index (χ3v) is 7.96. The molecule has 3 aliphatic rings. The van der Waals surface area contributed by atoms with E-state index in [1.54, 1.807) is 0 Å². The summed E-state index contributed by atoms with van der Waals surface area (Å²) in [6, 6.07) is 25.3. The summed E-state index contributed by atoms with van der Waals surface area (Å²) in [4.78, 5) is 16.2. The number of benzene rings is 3. The summed E-state index contributed by atoms with van der Waals surface area (Å²) in [5.41, 5.74) is 5.34. The van der Waals surface area contributed by atoms with Crippen molar-refractivity contribution < 1.29 is 9.53 Å². The minimum atomic E-state index is -0.606. The van der Waals surface area contributed by atoms with Crippen LogP contribution in [0.15, 0.2) is 72.8 Å². The predicted octanol–water partition coefficient (Wildman–Crippen LogP) is 5.63. The van der Waals surface area contributed by atoms with Crippen LogP contribution in [0, 0.1) is 5.92 Å². The monoisotopic (exact) mass is 488 g/mol. The van der Waals surface area contributed by atoms with Crippen molar-refractivity contribution in [2.45, 2.75) is 37.5 Å². The number of likely N-dealkylation sites (tertiary alicyclic amines) is 1. The van der Waals surface area contributed by atoms with Crippen molar-refractivity contribution in [2.75, 3.05) is 31.6 Å². The maximum absolute atomic E-state index is 13.6. The number of carbonyl (C=O) groups is 1. The number of fused-ring (bicyclic) bond motifs is 2. The van der Waals surface area contributed by atoms with Crippen LogP contribution in [0.25, 0.3) is 0 Å². The van der Waals surface area contributed by atoms with Gasteiger partial charge in [-0.15, -0.1) is 12.4 Å². The van der Waals surface area contributed by atoms with Crippen molar-refractivity contribution in [3.05, 3.63) is 95.1 Å². The zero-order chi connectivity index (χ0) is 23.0. The third kappa shape index (κ3) is 4.46. The third-order valence-electron chi connectivity index (χ3n) is 7.96. The Morgan fingerprint density at radius 3 is 2.74 bits per heavy atom. The Hall–Kier alpha value is -2.82. The molecule has 1 saturated heterocycles. The maximum Gasteiger partial charge on any atom is 0.239 e. The summed E-state index contributed by atoms with van der Waals surface area (Å²) in [5, 5.41) is 3.19. The van der Waals surface area contributed by atoms with E-state index in [1.807, 2.05) is 18.2 Å². The van der Waals surface area contributed by atoms with Gasteiger partial charge in [-0.3, -0.25) is 4.79 Å². The van der Waals surface area contributed by atoms with Crippen molar-refractivity contribution in [2.24, 2.45) is 5.92 Å². The molecule has 182 valence electrons. The maximum atomic E-state index is 13.6. The molecule has 1 amide bonds. The average molecular weight is 489 g/mol. The van der Waals surface area contributed by atoms with Crippen LogP contribution in [0.1, 0.15) is 41.5 Å². The summed E-state index contributed by atoms with van der Waals surface area (Å²) in [6.07, 6.45) is 5.31. The van der Waals surface area contributed by atoms with Gasteiger partial charge in [0.05, 0.1) is 6.61 Å². The number of piperidine rings is 1. The Labute approximate surface area is 214 Å². The zero-order valence-corrected chi connectivity index (χ0v) is 20.9. The predicted molar refractivity (Wildman–Crippen MR) is 143 cm³/mol. The van der Waals surface area contributed by atoms with E-state index in [4.69, 9.17) is 4.74 Å². The molecule has 3 aromatic rings. The van der Waals surface area contributed by atoms with E-state index in [1.165, 1.54) is 24.0 Å². The lowest BCUT2D eigenvalue weighted by Gasteiger charge is -2.38. The fraction of sp³-hybridized carbons (Fsp3) is 0.367.